The van der Waals surface area contributed by atoms with Crippen LogP contribution < -0.4 is 0 Å². The maximum absolute atomic E-state index is 12.3. The molecule has 6 nitrogen and oxygen atoms in total. The molecule has 0 saturated heterocycles. The van der Waals surface area contributed by atoms with Crippen molar-refractivity contribution < 1.29 is 15.0 Å². The average molecular weight is 283 g/mol. The first-order valence-corrected chi connectivity index (χ1v) is 6.14. The molecule has 2 aromatic rings. The lowest BCUT2D eigenvalue weighted by molar-refractivity contribution is 0.0943. The number of aryl methyl sites for hydroxylation is 2. The second-order valence-electron chi connectivity index (χ2n) is 4.56. The first-order valence-electron chi connectivity index (χ1n) is 6.14. The van der Waals surface area contributed by atoms with Crippen molar-refractivity contribution in [1.29, 1.82) is 5.26 Å². The number of hydrogen-bond acceptors (Lipinski definition) is 5. The van der Waals surface area contributed by atoms with E-state index in [1.807, 2.05) is 0 Å². The van der Waals surface area contributed by atoms with Crippen molar-refractivity contribution in [2.24, 2.45) is 0 Å². The van der Waals surface area contributed by atoms with Gasteiger partial charge in [0.25, 0.3) is 5.91 Å². The molecule has 1 heterocycles. The normalized spacial score (nSPS) is 11.2. The molecular formula is C15H13N3O3. The predicted octanol–water partition coefficient (Wildman–Crippen LogP) is 2.16. The molecular weight excluding hydrogens is 270 g/mol. The molecule has 106 valence electrons. The number of carbonyl (C=O) groups is 1. The zero-order valence-corrected chi connectivity index (χ0v) is 11.5. The van der Waals surface area contributed by atoms with E-state index in [1.165, 1.54) is 24.3 Å². The Kier molecular flexibility index (Phi) is 3.76. The Hall–Kier alpha value is -3.07. The smallest absolute Gasteiger partial charge is 0.289 e. The highest BCUT2D eigenvalue weighted by molar-refractivity contribution is 6.03. The Morgan fingerprint density at radius 2 is 2.05 bits per heavy atom. The number of nitrogens with zero attached hydrogens (tertiary/aromatic N) is 3. The number of allylic oxidation sites excluding steroid dienone is 1. The topological polar surface area (TPSA) is 99.1 Å². The van der Waals surface area contributed by atoms with Crippen molar-refractivity contribution in [3.63, 3.8) is 0 Å². The fourth-order valence-electron chi connectivity index (χ4n) is 1.90. The summed E-state index contributed by atoms with van der Waals surface area (Å²) in [6, 6.07) is 7.36. The monoisotopic (exact) mass is 283 g/mol. The van der Waals surface area contributed by atoms with Crippen LogP contribution in [0.2, 0.25) is 0 Å². The summed E-state index contributed by atoms with van der Waals surface area (Å²) in [5, 5.41) is 32.3. The first kappa shape index (κ1) is 14.3. The summed E-state index contributed by atoms with van der Waals surface area (Å²) >= 11 is 0. The zero-order chi connectivity index (χ0) is 15.6. The molecule has 0 aliphatic rings. The van der Waals surface area contributed by atoms with E-state index < -0.39 is 5.91 Å². The molecule has 0 atom stereocenters. The van der Waals surface area contributed by atoms with Crippen molar-refractivity contribution in [3.8, 4) is 17.6 Å². The molecule has 1 aromatic carbocycles. The highest BCUT2D eigenvalue weighted by Gasteiger charge is 2.16. The van der Waals surface area contributed by atoms with E-state index in [0.717, 1.165) is 4.68 Å². The Labute approximate surface area is 121 Å². The van der Waals surface area contributed by atoms with E-state index in [-0.39, 0.29) is 22.6 Å². The highest BCUT2D eigenvalue weighted by atomic mass is 16.3. The second kappa shape index (κ2) is 5.51. The van der Waals surface area contributed by atoms with Crippen molar-refractivity contribution in [2.75, 3.05) is 0 Å². The lowest BCUT2D eigenvalue weighted by Crippen LogP contribution is -2.15. The van der Waals surface area contributed by atoms with Crippen LogP contribution in [0.4, 0.5) is 0 Å². The molecule has 2 rings (SSSR count). The molecule has 0 aliphatic carbocycles. The number of aromatic nitrogens is 2. The summed E-state index contributed by atoms with van der Waals surface area (Å²) in [6.07, 6.45) is 1.22. The van der Waals surface area contributed by atoms with Gasteiger partial charge in [0.2, 0.25) is 0 Å². The molecule has 0 amide bonds. The van der Waals surface area contributed by atoms with Crippen LogP contribution in [0, 0.1) is 25.2 Å². The number of rotatable bonds is 2. The SMILES string of the molecule is Cc1cc(C)n(C(=O)/C(C#N)=C/c2cc(O)ccc2O)n1. The van der Waals surface area contributed by atoms with Crippen LogP contribution in [0.25, 0.3) is 6.08 Å². The molecule has 0 saturated carbocycles. The largest absolute Gasteiger partial charge is 0.508 e. The van der Waals surface area contributed by atoms with E-state index in [4.69, 9.17) is 5.26 Å². The van der Waals surface area contributed by atoms with Crippen LogP contribution in [0.3, 0.4) is 0 Å². The molecule has 0 aliphatic heterocycles. The third-order valence-corrected chi connectivity index (χ3v) is 2.86. The minimum Gasteiger partial charge on any atom is -0.508 e. The third kappa shape index (κ3) is 2.92. The minimum atomic E-state index is -0.592. The van der Waals surface area contributed by atoms with Crippen molar-refractivity contribution in [1.82, 2.24) is 9.78 Å². The number of phenolic OH excluding ortho intramolecular Hbond substituents is 2. The first-order chi connectivity index (χ1) is 9.92. The Bertz CT molecular complexity index is 782. The van der Waals surface area contributed by atoms with Crippen molar-refractivity contribution in [3.05, 3.63) is 46.8 Å². The Morgan fingerprint density at radius 3 is 2.62 bits per heavy atom. The zero-order valence-electron chi connectivity index (χ0n) is 11.5. The summed E-state index contributed by atoms with van der Waals surface area (Å²) in [6.45, 7) is 3.45. The maximum Gasteiger partial charge on any atom is 0.289 e. The number of carbonyl (C=O) groups excluding carboxylic acids is 1. The van der Waals surface area contributed by atoms with Gasteiger partial charge in [0.05, 0.1) is 5.69 Å². The average Bonchev–Trinajstić information content (AvgIpc) is 2.78. The van der Waals surface area contributed by atoms with Gasteiger partial charge in [-0.15, -0.1) is 0 Å². The lowest BCUT2D eigenvalue weighted by Gasteiger charge is -2.03. The predicted molar refractivity (Wildman–Crippen MR) is 75.7 cm³/mol. The van der Waals surface area contributed by atoms with Crippen LogP contribution in [0.5, 0.6) is 11.5 Å². The van der Waals surface area contributed by atoms with Gasteiger partial charge < -0.3 is 10.2 Å². The molecule has 6 heteroatoms. The molecule has 0 spiro atoms. The second-order valence-corrected chi connectivity index (χ2v) is 4.56. The Balaban J connectivity index is 2.47. The summed E-state index contributed by atoms with van der Waals surface area (Å²) in [4.78, 5) is 12.3. The van der Waals surface area contributed by atoms with Crippen molar-refractivity contribution in [2.45, 2.75) is 13.8 Å². The van der Waals surface area contributed by atoms with Crippen molar-refractivity contribution >= 4 is 12.0 Å². The fourth-order valence-corrected chi connectivity index (χ4v) is 1.90. The van der Waals surface area contributed by atoms with Gasteiger partial charge >= 0.3 is 0 Å². The molecule has 1 aromatic heterocycles. The van der Waals surface area contributed by atoms with E-state index in [1.54, 1.807) is 26.0 Å². The molecule has 21 heavy (non-hydrogen) atoms. The van der Waals surface area contributed by atoms with Gasteiger partial charge in [-0.05, 0) is 44.2 Å². The summed E-state index contributed by atoms with van der Waals surface area (Å²) < 4.78 is 1.13. The van der Waals surface area contributed by atoms with E-state index >= 15 is 0 Å². The summed E-state index contributed by atoms with van der Waals surface area (Å²) in [5.74, 6) is -0.803. The Morgan fingerprint density at radius 1 is 1.33 bits per heavy atom. The minimum absolute atomic E-state index is 0.0742. The molecule has 2 N–H and O–H groups in total. The van der Waals surface area contributed by atoms with Crippen LogP contribution in [-0.2, 0) is 0 Å². The van der Waals surface area contributed by atoms with Crippen LogP contribution >= 0.6 is 0 Å². The van der Waals surface area contributed by atoms with Gasteiger partial charge in [-0.25, -0.2) is 4.68 Å². The van der Waals surface area contributed by atoms with Gasteiger partial charge in [0, 0.05) is 11.3 Å². The van der Waals surface area contributed by atoms with Gasteiger partial charge in [-0.3, -0.25) is 4.79 Å². The standard InChI is InChI=1S/C15H13N3O3/c1-9-5-10(2)18(17-9)15(21)12(8-16)6-11-7-13(19)3-4-14(11)20/h3-7,19-20H,1-2H3/b12-6+. The quantitative estimate of drug-likeness (QED) is 0.500. The maximum atomic E-state index is 12.3. The fraction of sp³-hybridized carbons (Fsp3) is 0.133. The number of hydrogen-bond donors (Lipinski definition) is 2. The van der Waals surface area contributed by atoms with Crippen LogP contribution in [0.15, 0.2) is 29.8 Å². The van der Waals surface area contributed by atoms with E-state index in [9.17, 15) is 15.0 Å². The van der Waals surface area contributed by atoms with Gasteiger partial charge in [-0.2, -0.15) is 10.4 Å². The van der Waals surface area contributed by atoms with E-state index in [2.05, 4.69) is 5.10 Å². The number of aromatic hydroxyl groups is 2. The highest BCUT2D eigenvalue weighted by Crippen LogP contribution is 2.24. The lowest BCUT2D eigenvalue weighted by atomic mass is 10.1. The number of nitriles is 1. The van der Waals surface area contributed by atoms with Gasteiger partial charge in [0.15, 0.2) is 0 Å². The van der Waals surface area contributed by atoms with Gasteiger partial charge in [0.1, 0.15) is 23.1 Å². The molecule has 0 radical (unpaired) electrons. The third-order valence-electron chi connectivity index (χ3n) is 2.86. The van der Waals surface area contributed by atoms with Crippen LogP contribution in [0.1, 0.15) is 21.7 Å². The number of phenols is 2. The summed E-state index contributed by atoms with van der Waals surface area (Å²) in [5.41, 5.74) is 1.26. The molecule has 0 fully saturated rings. The summed E-state index contributed by atoms with van der Waals surface area (Å²) in [7, 11) is 0. The van der Waals surface area contributed by atoms with E-state index in [0.29, 0.717) is 11.4 Å². The number of benzene rings is 1. The molecule has 0 unspecified atom stereocenters. The van der Waals surface area contributed by atoms with Gasteiger partial charge in [-0.1, -0.05) is 0 Å². The molecule has 0 bridgehead atoms. The van der Waals surface area contributed by atoms with Crippen LogP contribution in [-0.4, -0.2) is 25.9 Å².